The van der Waals surface area contributed by atoms with Crippen molar-refractivity contribution < 1.29 is 9.90 Å². The molecule has 3 aromatic rings. The van der Waals surface area contributed by atoms with Crippen molar-refractivity contribution in [1.82, 2.24) is 4.98 Å². The molecule has 96 valence electrons. The molecule has 0 spiro atoms. The second-order valence-corrected chi connectivity index (χ2v) is 7.10. The Labute approximate surface area is 129 Å². The van der Waals surface area contributed by atoms with Crippen LogP contribution in [-0.2, 0) is 0 Å². The van der Waals surface area contributed by atoms with Gasteiger partial charge in [-0.3, -0.25) is 0 Å². The summed E-state index contributed by atoms with van der Waals surface area (Å²) in [7, 11) is 0. The highest BCUT2D eigenvalue weighted by molar-refractivity contribution is 9.13. The van der Waals surface area contributed by atoms with Crippen LogP contribution in [0.15, 0.2) is 38.6 Å². The zero-order valence-electron chi connectivity index (χ0n) is 9.41. The quantitative estimate of drug-likeness (QED) is 0.627. The average molecular weight is 401 g/mol. The molecule has 6 heteroatoms. The van der Waals surface area contributed by atoms with Crippen LogP contribution in [0.4, 0.5) is 0 Å². The Balaban J connectivity index is 2.29. The highest BCUT2D eigenvalue weighted by Gasteiger charge is 2.22. The summed E-state index contributed by atoms with van der Waals surface area (Å²) >= 11 is 8.02. The standard InChI is InChI=1S/C13H7Br2NO2S/c14-10-9(11(13(17)18)19-12(10)15)8-5-6-3-1-2-4-7(6)16-8/h1-5,16H,(H,17,18). The highest BCUT2D eigenvalue weighted by Crippen LogP contribution is 2.43. The van der Waals surface area contributed by atoms with Gasteiger partial charge in [0.1, 0.15) is 4.88 Å². The lowest BCUT2D eigenvalue weighted by Crippen LogP contribution is -1.94. The largest absolute Gasteiger partial charge is 0.477 e. The average Bonchev–Trinajstić information content (AvgIpc) is 2.91. The molecule has 1 aromatic carbocycles. The third-order valence-electron chi connectivity index (χ3n) is 2.80. The maximum Gasteiger partial charge on any atom is 0.346 e. The van der Waals surface area contributed by atoms with E-state index in [4.69, 9.17) is 0 Å². The van der Waals surface area contributed by atoms with E-state index in [0.717, 1.165) is 24.9 Å². The van der Waals surface area contributed by atoms with Crippen molar-refractivity contribution in [2.75, 3.05) is 0 Å². The van der Waals surface area contributed by atoms with E-state index in [0.29, 0.717) is 10.4 Å². The van der Waals surface area contributed by atoms with E-state index >= 15 is 0 Å². The second-order valence-electron chi connectivity index (χ2n) is 3.97. The number of carboxylic acids is 1. The Kier molecular flexibility index (Phi) is 3.24. The molecule has 2 heterocycles. The number of thiophene rings is 1. The smallest absolute Gasteiger partial charge is 0.346 e. The molecule has 0 aliphatic rings. The van der Waals surface area contributed by atoms with Crippen molar-refractivity contribution in [2.45, 2.75) is 0 Å². The molecular weight excluding hydrogens is 394 g/mol. The first-order chi connectivity index (χ1) is 9.08. The van der Waals surface area contributed by atoms with Gasteiger partial charge in [0.15, 0.2) is 0 Å². The molecular formula is C13H7Br2NO2S. The fraction of sp³-hybridized carbons (Fsp3) is 0. The van der Waals surface area contributed by atoms with Gasteiger partial charge in [-0.25, -0.2) is 4.79 Å². The second kappa shape index (κ2) is 4.77. The Bertz CT molecular complexity index is 758. The molecule has 0 aliphatic heterocycles. The van der Waals surface area contributed by atoms with Crippen molar-refractivity contribution in [3.05, 3.63) is 43.5 Å². The van der Waals surface area contributed by atoms with E-state index in [2.05, 4.69) is 36.8 Å². The van der Waals surface area contributed by atoms with Crippen LogP contribution in [-0.4, -0.2) is 16.1 Å². The molecule has 3 rings (SSSR count). The van der Waals surface area contributed by atoms with Crippen molar-refractivity contribution in [3.63, 3.8) is 0 Å². The van der Waals surface area contributed by atoms with Crippen LogP contribution in [0.1, 0.15) is 9.67 Å². The number of H-pyrrole nitrogens is 1. The Hall–Kier alpha value is -1.11. The number of aromatic carboxylic acids is 1. The lowest BCUT2D eigenvalue weighted by Gasteiger charge is -1.98. The summed E-state index contributed by atoms with van der Waals surface area (Å²) in [5.74, 6) is -0.926. The summed E-state index contributed by atoms with van der Waals surface area (Å²) in [4.78, 5) is 14.9. The molecule has 2 aromatic heterocycles. The normalized spacial score (nSPS) is 11.1. The van der Waals surface area contributed by atoms with E-state index in [1.165, 1.54) is 11.3 Å². The van der Waals surface area contributed by atoms with Crippen LogP contribution in [0.2, 0.25) is 0 Å². The first kappa shape index (κ1) is 12.9. The molecule has 0 unspecified atom stereocenters. The number of hydrogen-bond acceptors (Lipinski definition) is 2. The van der Waals surface area contributed by atoms with E-state index in [1.807, 2.05) is 30.3 Å². The Morgan fingerprint density at radius 1 is 1.26 bits per heavy atom. The van der Waals surface area contributed by atoms with Gasteiger partial charge in [0.2, 0.25) is 0 Å². The Morgan fingerprint density at radius 2 is 2.00 bits per heavy atom. The third-order valence-corrected chi connectivity index (χ3v) is 6.24. The van der Waals surface area contributed by atoms with E-state index < -0.39 is 5.97 Å². The molecule has 0 fully saturated rings. The Morgan fingerprint density at radius 3 is 2.68 bits per heavy atom. The van der Waals surface area contributed by atoms with Gasteiger partial charge < -0.3 is 10.1 Å². The predicted molar refractivity (Wildman–Crippen MR) is 84.0 cm³/mol. The van der Waals surface area contributed by atoms with Crippen molar-refractivity contribution in [2.24, 2.45) is 0 Å². The number of carboxylic acid groups (broad SMARTS) is 1. The van der Waals surface area contributed by atoms with Crippen LogP contribution in [0.3, 0.4) is 0 Å². The number of rotatable bonds is 2. The van der Waals surface area contributed by atoms with E-state index in [9.17, 15) is 9.90 Å². The van der Waals surface area contributed by atoms with Crippen LogP contribution in [0, 0.1) is 0 Å². The first-order valence-corrected chi connectivity index (χ1v) is 7.77. The molecule has 0 bridgehead atoms. The summed E-state index contributed by atoms with van der Waals surface area (Å²) in [5, 5.41) is 10.4. The SMILES string of the molecule is O=C(O)c1sc(Br)c(Br)c1-c1cc2ccccc2[nH]1. The topological polar surface area (TPSA) is 53.1 Å². The minimum absolute atomic E-state index is 0.310. The van der Waals surface area contributed by atoms with Crippen LogP contribution < -0.4 is 0 Å². The lowest BCUT2D eigenvalue weighted by molar-refractivity contribution is 0.0703. The summed E-state index contributed by atoms with van der Waals surface area (Å²) in [5.41, 5.74) is 2.47. The van der Waals surface area contributed by atoms with Gasteiger partial charge in [0.05, 0.1) is 8.26 Å². The number of nitrogens with one attached hydrogen (secondary N) is 1. The number of hydrogen-bond donors (Lipinski definition) is 2. The molecule has 0 amide bonds. The summed E-state index contributed by atoms with van der Waals surface area (Å²) in [6.07, 6.45) is 0. The number of carbonyl (C=O) groups is 1. The van der Waals surface area contributed by atoms with Crippen molar-refractivity contribution in [3.8, 4) is 11.3 Å². The molecule has 19 heavy (non-hydrogen) atoms. The molecule has 3 nitrogen and oxygen atoms in total. The minimum atomic E-state index is -0.926. The summed E-state index contributed by atoms with van der Waals surface area (Å²) in [6, 6.07) is 9.82. The first-order valence-electron chi connectivity index (χ1n) is 5.37. The van der Waals surface area contributed by atoms with Crippen LogP contribution >= 0.6 is 43.2 Å². The fourth-order valence-electron chi connectivity index (χ4n) is 1.98. The molecule has 0 radical (unpaired) electrons. The molecule has 2 N–H and O–H groups in total. The van der Waals surface area contributed by atoms with E-state index in [-0.39, 0.29) is 0 Å². The van der Waals surface area contributed by atoms with Crippen molar-refractivity contribution >= 4 is 60.1 Å². The molecule has 0 aliphatic carbocycles. The van der Waals surface area contributed by atoms with Gasteiger partial charge in [-0.05, 0) is 44.0 Å². The number of aromatic amines is 1. The number of aromatic nitrogens is 1. The number of para-hydroxylation sites is 1. The van der Waals surface area contributed by atoms with Crippen LogP contribution in [0.5, 0.6) is 0 Å². The maximum atomic E-state index is 11.3. The third kappa shape index (κ3) is 2.13. The highest BCUT2D eigenvalue weighted by atomic mass is 79.9. The van der Waals surface area contributed by atoms with Gasteiger partial charge in [0, 0.05) is 22.2 Å². The zero-order chi connectivity index (χ0) is 13.6. The molecule has 0 saturated heterocycles. The maximum absolute atomic E-state index is 11.3. The van der Waals surface area contributed by atoms with Gasteiger partial charge in [-0.15, -0.1) is 11.3 Å². The molecule has 0 atom stereocenters. The number of halogens is 2. The number of benzene rings is 1. The lowest BCUT2D eigenvalue weighted by atomic mass is 10.2. The monoisotopic (exact) mass is 399 g/mol. The fourth-order valence-corrected chi connectivity index (χ4v) is 4.22. The van der Waals surface area contributed by atoms with Gasteiger partial charge in [0.25, 0.3) is 0 Å². The summed E-state index contributed by atoms with van der Waals surface area (Å²) in [6.45, 7) is 0. The van der Waals surface area contributed by atoms with Gasteiger partial charge >= 0.3 is 5.97 Å². The molecule has 0 saturated carbocycles. The van der Waals surface area contributed by atoms with E-state index in [1.54, 1.807) is 0 Å². The van der Waals surface area contributed by atoms with Crippen molar-refractivity contribution in [1.29, 1.82) is 0 Å². The minimum Gasteiger partial charge on any atom is -0.477 e. The summed E-state index contributed by atoms with van der Waals surface area (Å²) < 4.78 is 1.54. The van der Waals surface area contributed by atoms with Gasteiger partial charge in [-0.1, -0.05) is 18.2 Å². The van der Waals surface area contributed by atoms with Crippen LogP contribution in [0.25, 0.3) is 22.2 Å². The zero-order valence-corrected chi connectivity index (χ0v) is 13.4. The predicted octanol–water partition coefficient (Wildman–Crippen LogP) is 5.12. The van der Waals surface area contributed by atoms with Gasteiger partial charge in [-0.2, -0.15) is 0 Å². The number of fused-ring (bicyclic) bond motifs is 1.